The van der Waals surface area contributed by atoms with Crippen LogP contribution in [-0.4, -0.2) is 9.97 Å². The van der Waals surface area contributed by atoms with E-state index in [-0.39, 0.29) is 0 Å². The molecule has 0 unspecified atom stereocenters. The highest BCUT2D eigenvalue weighted by molar-refractivity contribution is 6.31. The highest BCUT2D eigenvalue weighted by atomic mass is 35.5. The summed E-state index contributed by atoms with van der Waals surface area (Å²) in [6, 6.07) is 0. The maximum absolute atomic E-state index is 5.87. The van der Waals surface area contributed by atoms with E-state index in [9.17, 15) is 0 Å². The first-order valence-corrected chi connectivity index (χ1v) is 7.36. The summed E-state index contributed by atoms with van der Waals surface area (Å²) in [4.78, 5) is 8.69. The average Bonchev–Trinajstić information content (AvgIpc) is 2.32. The van der Waals surface area contributed by atoms with Crippen molar-refractivity contribution in [2.24, 2.45) is 23.7 Å². The second-order valence-corrected chi connectivity index (χ2v) is 6.79. The van der Waals surface area contributed by atoms with Crippen LogP contribution in [0.25, 0.3) is 0 Å². The van der Waals surface area contributed by atoms with Gasteiger partial charge in [0.15, 0.2) is 11.0 Å². The Hall–Kier alpha value is -0.830. The zero-order valence-corrected chi connectivity index (χ0v) is 11.1. The minimum atomic E-state index is 0.336. The Morgan fingerprint density at radius 2 is 1.67 bits per heavy atom. The summed E-state index contributed by atoms with van der Waals surface area (Å²) in [5.74, 6) is 4.59. The van der Waals surface area contributed by atoms with Crippen LogP contribution in [0.5, 0.6) is 0 Å². The molecular weight excluding hydrogens is 246 g/mol. The molecule has 0 spiro atoms. The molecule has 4 heteroatoms. The molecule has 4 aliphatic carbocycles. The van der Waals surface area contributed by atoms with Crippen molar-refractivity contribution < 1.29 is 0 Å². The SMILES string of the molecule is Nc1nc(C2C3CC4CC(C3)CC2C4)cnc1Cl. The summed E-state index contributed by atoms with van der Waals surface area (Å²) in [5.41, 5.74) is 6.90. The van der Waals surface area contributed by atoms with Gasteiger partial charge in [-0.2, -0.15) is 0 Å². The molecule has 18 heavy (non-hydrogen) atoms. The van der Waals surface area contributed by atoms with Crippen LogP contribution in [0.3, 0.4) is 0 Å². The fourth-order valence-electron chi connectivity index (χ4n) is 4.97. The summed E-state index contributed by atoms with van der Waals surface area (Å²) in [7, 11) is 0. The van der Waals surface area contributed by atoms with Gasteiger partial charge in [-0.1, -0.05) is 11.6 Å². The summed E-state index contributed by atoms with van der Waals surface area (Å²) >= 11 is 5.87. The third kappa shape index (κ3) is 1.56. The molecule has 4 bridgehead atoms. The Morgan fingerprint density at radius 3 is 2.22 bits per heavy atom. The van der Waals surface area contributed by atoms with E-state index < -0.39 is 0 Å². The van der Waals surface area contributed by atoms with Crippen LogP contribution < -0.4 is 5.73 Å². The fourth-order valence-corrected chi connectivity index (χ4v) is 5.06. The topological polar surface area (TPSA) is 51.8 Å². The lowest BCUT2D eigenvalue weighted by atomic mass is 9.51. The van der Waals surface area contributed by atoms with Gasteiger partial charge in [0.1, 0.15) is 0 Å². The minimum Gasteiger partial charge on any atom is -0.381 e. The molecule has 5 rings (SSSR count). The van der Waals surface area contributed by atoms with Crippen LogP contribution in [0.1, 0.15) is 43.7 Å². The predicted molar refractivity (Wildman–Crippen MR) is 71.2 cm³/mol. The third-order valence-corrected chi connectivity index (χ3v) is 5.63. The molecule has 1 aromatic rings. The summed E-state index contributed by atoms with van der Waals surface area (Å²) in [5, 5.41) is 0.336. The number of anilines is 1. The lowest BCUT2D eigenvalue weighted by molar-refractivity contribution is -0.00422. The maximum atomic E-state index is 5.87. The number of hydrogen-bond donors (Lipinski definition) is 1. The zero-order valence-electron chi connectivity index (χ0n) is 10.3. The highest BCUT2D eigenvalue weighted by Crippen LogP contribution is 2.59. The Kier molecular flexibility index (Phi) is 2.35. The Morgan fingerprint density at radius 1 is 1.06 bits per heavy atom. The van der Waals surface area contributed by atoms with Crippen molar-refractivity contribution in [3.05, 3.63) is 17.0 Å². The molecule has 1 aromatic heterocycles. The molecule has 96 valence electrons. The van der Waals surface area contributed by atoms with Gasteiger partial charge in [-0.25, -0.2) is 9.97 Å². The first kappa shape index (κ1) is 11.0. The van der Waals surface area contributed by atoms with E-state index in [0.29, 0.717) is 16.9 Å². The first-order valence-electron chi connectivity index (χ1n) is 6.98. The van der Waals surface area contributed by atoms with E-state index in [0.717, 1.165) is 29.4 Å². The Balaban J connectivity index is 1.70. The van der Waals surface area contributed by atoms with Gasteiger partial charge in [-0.05, 0) is 55.8 Å². The summed E-state index contributed by atoms with van der Waals surface area (Å²) in [6.07, 6.45) is 8.90. The second-order valence-electron chi connectivity index (χ2n) is 6.43. The molecule has 0 aromatic carbocycles. The van der Waals surface area contributed by atoms with Crippen molar-refractivity contribution >= 4 is 17.4 Å². The quantitative estimate of drug-likeness (QED) is 0.846. The minimum absolute atomic E-state index is 0.336. The van der Waals surface area contributed by atoms with Gasteiger partial charge in [-0.15, -0.1) is 0 Å². The second kappa shape index (κ2) is 3.83. The molecule has 3 nitrogen and oxygen atoms in total. The van der Waals surface area contributed by atoms with Crippen LogP contribution in [0.2, 0.25) is 5.15 Å². The van der Waals surface area contributed by atoms with E-state index in [4.69, 9.17) is 17.3 Å². The van der Waals surface area contributed by atoms with E-state index in [1.807, 2.05) is 6.20 Å². The monoisotopic (exact) mass is 263 g/mol. The molecule has 0 amide bonds. The predicted octanol–water partition coefficient (Wildman–Crippen LogP) is 3.25. The normalized spacial score (nSPS) is 41.3. The highest BCUT2D eigenvalue weighted by Gasteiger charge is 2.49. The van der Waals surface area contributed by atoms with E-state index >= 15 is 0 Å². The molecular formula is C14H18ClN3. The van der Waals surface area contributed by atoms with Crippen molar-refractivity contribution in [2.45, 2.75) is 38.0 Å². The third-order valence-electron chi connectivity index (χ3n) is 5.34. The van der Waals surface area contributed by atoms with E-state index in [2.05, 4.69) is 9.97 Å². The molecule has 0 radical (unpaired) electrons. The van der Waals surface area contributed by atoms with E-state index in [1.165, 1.54) is 32.1 Å². The number of rotatable bonds is 1. The molecule has 4 saturated carbocycles. The van der Waals surface area contributed by atoms with Gasteiger partial charge in [0, 0.05) is 5.92 Å². The fraction of sp³-hybridized carbons (Fsp3) is 0.714. The molecule has 4 aliphatic rings. The lowest BCUT2D eigenvalue weighted by Gasteiger charge is -2.54. The van der Waals surface area contributed by atoms with Gasteiger partial charge in [0.2, 0.25) is 0 Å². The van der Waals surface area contributed by atoms with Crippen LogP contribution in [0.15, 0.2) is 6.20 Å². The lowest BCUT2D eigenvalue weighted by Crippen LogP contribution is -2.44. The number of nitrogens with zero attached hydrogens (tertiary/aromatic N) is 2. The van der Waals surface area contributed by atoms with Crippen molar-refractivity contribution in [3.8, 4) is 0 Å². The van der Waals surface area contributed by atoms with Crippen LogP contribution >= 0.6 is 11.6 Å². The van der Waals surface area contributed by atoms with Crippen molar-refractivity contribution in [2.75, 3.05) is 5.73 Å². The number of hydrogen-bond acceptors (Lipinski definition) is 3. The van der Waals surface area contributed by atoms with Gasteiger partial charge >= 0.3 is 0 Å². The van der Waals surface area contributed by atoms with Gasteiger partial charge in [0.05, 0.1) is 11.9 Å². The molecule has 0 aliphatic heterocycles. The molecule has 0 atom stereocenters. The van der Waals surface area contributed by atoms with Crippen molar-refractivity contribution in [1.82, 2.24) is 9.97 Å². The molecule has 0 saturated heterocycles. The number of nitrogen functional groups attached to an aromatic ring is 1. The molecule has 2 N–H and O–H groups in total. The van der Waals surface area contributed by atoms with E-state index in [1.54, 1.807) is 0 Å². The number of nitrogens with two attached hydrogens (primary N) is 1. The largest absolute Gasteiger partial charge is 0.381 e. The van der Waals surface area contributed by atoms with Crippen molar-refractivity contribution in [1.29, 1.82) is 0 Å². The number of aromatic nitrogens is 2. The number of halogens is 1. The average molecular weight is 264 g/mol. The molecule has 4 fully saturated rings. The summed E-state index contributed by atoms with van der Waals surface area (Å²) in [6.45, 7) is 0. The van der Waals surface area contributed by atoms with Crippen LogP contribution in [0, 0.1) is 23.7 Å². The maximum Gasteiger partial charge on any atom is 0.171 e. The summed E-state index contributed by atoms with van der Waals surface area (Å²) < 4.78 is 0. The van der Waals surface area contributed by atoms with Gasteiger partial charge < -0.3 is 5.73 Å². The van der Waals surface area contributed by atoms with Gasteiger partial charge in [0.25, 0.3) is 0 Å². The zero-order chi connectivity index (χ0) is 12.3. The Bertz CT molecular complexity index is 460. The first-order chi connectivity index (χ1) is 8.70. The molecule has 1 heterocycles. The smallest absolute Gasteiger partial charge is 0.171 e. The van der Waals surface area contributed by atoms with Gasteiger partial charge in [-0.3, -0.25) is 0 Å². The van der Waals surface area contributed by atoms with Crippen LogP contribution in [0.4, 0.5) is 5.82 Å². The van der Waals surface area contributed by atoms with Crippen molar-refractivity contribution in [3.63, 3.8) is 0 Å². The van der Waals surface area contributed by atoms with Crippen LogP contribution in [-0.2, 0) is 0 Å². The standard InChI is InChI=1S/C14H18ClN3/c15-13-14(16)18-11(6-17-13)12-9-2-7-1-8(4-9)5-10(12)3-7/h6-10,12H,1-5H2,(H2,16,18). The Labute approximate surface area is 112 Å².